The van der Waals surface area contributed by atoms with Gasteiger partial charge in [0.25, 0.3) is 0 Å². The predicted molar refractivity (Wildman–Crippen MR) is 68.6 cm³/mol. The number of carboxylic acids is 2. The number of halogens is 1. The van der Waals surface area contributed by atoms with Gasteiger partial charge in [0.1, 0.15) is 4.90 Å². The Bertz CT molecular complexity index is 573. The van der Waals surface area contributed by atoms with E-state index in [9.17, 15) is 18.0 Å². The van der Waals surface area contributed by atoms with Crippen molar-refractivity contribution in [1.29, 1.82) is 0 Å². The summed E-state index contributed by atoms with van der Waals surface area (Å²) >= 11 is 1.41. The van der Waals surface area contributed by atoms with Gasteiger partial charge in [-0.05, 0) is 18.2 Å². The topological polar surface area (TPSA) is 111 Å². The van der Waals surface area contributed by atoms with E-state index in [0.717, 1.165) is 18.2 Å². The van der Waals surface area contributed by atoms with E-state index >= 15 is 0 Å². The molecule has 0 aliphatic carbocycles. The highest BCUT2D eigenvalue weighted by molar-refractivity contribution is 14.1. The summed E-state index contributed by atoms with van der Waals surface area (Å²) in [5, 5.41) is 17.6. The van der Waals surface area contributed by atoms with Crippen LogP contribution in [0.1, 0.15) is 20.7 Å². The first-order valence-corrected chi connectivity index (χ1v) is 6.64. The summed E-state index contributed by atoms with van der Waals surface area (Å²) in [6, 6.07) is 2.68. The highest BCUT2D eigenvalue weighted by atomic mass is 127. The SMILES string of the molecule is C[O+](I)S(=O)(=O)c1cc(C(=O)O)cc(C(=O)O)c1. The molecule has 0 saturated carbocycles. The fourth-order valence-corrected chi connectivity index (χ4v) is 2.55. The molecule has 1 aromatic carbocycles. The van der Waals surface area contributed by atoms with Crippen molar-refractivity contribution in [1.82, 2.24) is 0 Å². The van der Waals surface area contributed by atoms with Gasteiger partial charge in [0, 0.05) is 0 Å². The van der Waals surface area contributed by atoms with Gasteiger partial charge in [-0.1, -0.05) is 0 Å². The molecule has 0 amide bonds. The van der Waals surface area contributed by atoms with Crippen molar-refractivity contribution in [2.45, 2.75) is 4.90 Å². The van der Waals surface area contributed by atoms with Crippen LogP contribution < -0.4 is 0 Å². The van der Waals surface area contributed by atoms with E-state index in [4.69, 9.17) is 10.2 Å². The largest absolute Gasteiger partial charge is 0.478 e. The summed E-state index contributed by atoms with van der Waals surface area (Å²) in [7, 11) is -2.81. The van der Waals surface area contributed by atoms with E-state index in [1.807, 2.05) is 0 Å². The van der Waals surface area contributed by atoms with E-state index in [2.05, 4.69) is 0 Å². The standard InChI is InChI=1S/C9H7IO7S/c1-17(10)18(15,16)7-3-5(8(11)12)2-6(4-7)9(13)14/h2-4H,1H3,(H-,11,12,13,14)/p+1. The Balaban J connectivity index is 3.56. The molecule has 0 aromatic heterocycles. The number of aromatic carboxylic acids is 2. The predicted octanol–water partition coefficient (Wildman–Crippen LogP) is 1.30. The van der Waals surface area contributed by atoms with Crippen LogP contribution in [0.3, 0.4) is 0 Å². The number of hydrogen-bond donors (Lipinski definition) is 2. The van der Waals surface area contributed by atoms with Gasteiger partial charge in [-0.15, -0.1) is 8.42 Å². The molecule has 0 heterocycles. The maximum atomic E-state index is 11.8. The summed E-state index contributed by atoms with van der Waals surface area (Å²) in [5.41, 5.74) is -0.820. The van der Waals surface area contributed by atoms with Crippen LogP contribution in [-0.2, 0) is 12.3 Å². The maximum Gasteiger partial charge on any atom is 0.418 e. The van der Waals surface area contributed by atoms with Gasteiger partial charge in [-0.25, -0.2) is 9.59 Å². The molecule has 9 heteroatoms. The molecule has 0 aliphatic heterocycles. The summed E-state index contributed by atoms with van der Waals surface area (Å²) in [5.74, 6) is -2.81. The molecule has 18 heavy (non-hydrogen) atoms. The molecular weight excluding hydrogens is 379 g/mol. The third-order valence-electron chi connectivity index (χ3n) is 1.99. The van der Waals surface area contributed by atoms with Crippen molar-refractivity contribution < 1.29 is 30.4 Å². The van der Waals surface area contributed by atoms with Crippen LogP contribution in [0.5, 0.6) is 0 Å². The molecule has 98 valence electrons. The lowest BCUT2D eigenvalue weighted by Crippen LogP contribution is -2.12. The van der Waals surface area contributed by atoms with E-state index in [-0.39, 0.29) is 0 Å². The highest BCUT2D eigenvalue weighted by Crippen LogP contribution is 2.24. The monoisotopic (exact) mass is 387 g/mol. The Morgan fingerprint density at radius 1 is 1.11 bits per heavy atom. The van der Waals surface area contributed by atoms with Crippen LogP contribution in [0.4, 0.5) is 0 Å². The summed E-state index contributed by atoms with van der Waals surface area (Å²) < 4.78 is 25.2. The Kier molecular flexibility index (Phi) is 4.29. The van der Waals surface area contributed by atoms with Crippen molar-refractivity contribution in [3.63, 3.8) is 0 Å². The Morgan fingerprint density at radius 2 is 1.50 bits per heavy atom. The normalized spacial score (nSPS) is 11.5. The highest BCUT2D eigenvalue weighted by Gasteiger charge is 2.28. The number of carbonyl (C=O) groups is 2. The van der Waals surface area contributed by atoms with Crippen LogP contribution in [0, 0.1) is 0 Å². The second kappa shape index (κ2) is 5.20. The average Bonchev–Trinajstić information content (AvgIpc) is 2.27. The molecular formula is C9H8IO7S+. The van der Waals surface area contributed by atoms with Gasteiger partial charge < -0.3 is 10.2 Å². The van der Waals surface area contributed by atoms with Gasteiger partial charge in [0.2, 0.25) is 0 Å². The van der Waals surface area contributed by atoms with E-state index in [1.165, 1.54) is 30.1 Å². The van der Waals surface area contributed by atoms with Crippen molar-refractivity contribution >= 4 is 45.1 Å². The molecule has 0 atom stereocenters. The van der Waals surface area contributed by atoms with Gasteiger partial charge in [-0.3, -0.25) is 2.14 Å². The van der Waals surface area contributed by atoms with E-state index in [1.54, 1.807) is 2.14 Å². The van der Waals surface area contributed by atoms with Crippen LogP contribution in [-0.4, -0.2) is 37.7 Å². The van der Waals surface area contributed by atoms with Crippen molar-refractivity contribution in [2.75, 3.05) is 7.11 Å². The Hall–Kier alpha value is -1.20. The average molecular weight is 387 g/mol. The molecule has 0 aliphatic rings. The molecule has 0 unspecified atom stereocenters. The van der Waals surface area contributed by atoms with Crippen molar-refractivity contribution in [3.05, 3.63) is 29.3 Å². The summed E-state index contributed by atoms with van der Waals surface area (Å²) in [6.45, 7) is 0. The van der Waals surface area contributed by atoms with E-state index in [0.29, 0.717) is 0 Å². The first-order valence-electron chi connectivity index (χ1n) is 4.35. The van der Waals surface area contributed by atoms with Crippen LogP contribution in [0.2, 0.25) is 0 Å². The molecule has 0 saturated heterocycles. The lowest BCUT2D eigenvalue weighted by Gasteiger charge is -2.06. The van der Waals surface area contributed by atoms with Crippen molar-refractivity contribution in [2.24, 2.45) is 0 Å². The smallest absolute Gasteiger partial charge is 0.418 e. The minimum absolute atomic E-state index is 0.410. The second-order valence-corrected chi connectivity index (χ2v) is 6.99. The molecule has 0 spiro atoms. The van der Waals surface area contributed by atoms with Gasteiger partial charge in [0.15, 0.2) is 7.11 Å². The third kappa shape index (κ3) is 2.97. The minimum Gasteiger partial charge on any atom is -0.478 e. The number of rotatable bonds is 4. The minimum atomic E-state index is -3.98. The van der Waals surface area contributed by atoms with E-state index < -0.39 is 38.1 Å². The number of carboxylic acid groups (broad SMARTS) is 2. The van der Waals surface area contributed by atoms with Crippen LogP contribution in [0.15, 0.2) is 23.1 Å². The zero-order chi connectivity index (χ0) is 14.1. The fraction of sp³-hybridized carbons (Fsp3) is 0.111. The second-order valence-electron chi connectivity index (χ2n) is 3.19. The lowest BCUT2D eigenvalue weighted by atomic mass is 10.1. The first kappa shape index (κ1) is 14.9. The molecule has 7 nitrogen and oxygen atoms in total. The van der Waals surface area contributed by atoms with Gasteiger partial charge in [-0.2, -0.15) is 0 Å². The molecule has 1 rings (SSSR count). The number of benzene rings is 1. The quantitative estimate of drug-likeness (QED) is 0.458. The third-order valence-corrected chi connectivity index (χ3v) is 4.83. The van der Waals surface area contributed by atoms with Crippen LogP contribution in [0.25, 0.3) is 0 Å². The molecule has 2 N–H and O–H groups in total. The Morgan fingerprint density at radius 3 is 1.78 bits per heavy atom. The zero-order valence-electron chi connectivity index (χ0n) is 8.95. The summed E-state index contributed by atoms with van der Waals surface area (Å²) in [4.78, 5) is 21.2. The maximum absolute atomic E-state index is 11.8. The van der Waals surface area contributed by atoms with Crippen molar-refractivity contribution in [3.8, 4) is 0 Å². The van der Waals surface area contributed by atoms with Gasteiger partial charge >= 0.3 is 45.1 Å². The zero-order valence-corrected chi connectivity index (χ0v) is 11.9. The first-order chi connectivity index (χ1) is 8.16. The van der Waals surface area contributed by atoms with Crippen LogP contribution >= 0.6 is 23.0 Å². The molecule has 0 radical (unpaired) electrons. The molecule has 0 bridgehead atoms. The molecule has 0 fully saturated rings. The summed E-state index contributed by atoms with van der Waals surface area (Å²) in [6.07, 6.45) is 0. The number of hydrogen-bond acceptors (Lipinski definition) is 4. The lowest BCUT2D eigenvalue weighted by molar-refractivity contribution is 0.0696. The fourth-order valence-electron chi connectivity index (χ4n) is 1.12. The molecule has 1 aromatic rings. The van der Waals surface area contributed by atoms with Gasteiger partial charge in [0.05, 0.1) is 11.1 Å². The Labute approximate surface area is 117 Å².